The van der Waals surface area contributed by atoms with Gasteiger partial charge in [0, 0.05) is 11.6 Å². The molecule has 1 rings (SSSR count). The zero-order valence-corrected chi connectivity index (χ0v) is 9.96. The van der Waals surface area contributed by atoms with Gasteiger partial charge in [0.15, 0.2) is 0 Å². The molecule has 0 saturated carbocycles. The first-order chi connectivity index (χ1) is 7.05. The van der Waals surface area contributed by atoms with Gasteiger partial charge >= 0.3 is 0 Å². The van der Waals surface area contributed by atoms with Gasteiger partial charge in [-0.2, -0.15) is 0 Å². The summed E-state index contributed by atoms with van der Waals surface area (Å²) in [6.45, 7) is 7.30. The molecule has 1 unspecified atom stereocenters. The summed E-state index contributed by atoms with van der Waals surface area (Å²) in [5.41, 5.74) is 7.01. The first-order valence-electron chi connectivity index (χ1n) is 5.58. The van der Waals surface area contributed by atoms with Crippen molar-refractivity contribution in [3.8, 4) is 0 Å². The van der Waals surface area contributed by atoms with E-state index in [1.54, 1.807) is 0 Å². The van der Waals surface area contributed by atoms with Crippen molar-refractivity contribution in [2.24, 2.45) is 5.73 Å². The van der Waals surface area contributed by atoms with Crippen molar-refractivity contribution in [3.05, 3.63) is 35.9 Å². The second-order valence-corrected chi connectivity index (χ2v) is 4.70. The summed E-state index contributed by atoms with van der Waals surface area (Å²) in [7, 11) is 0. The Morgan fingerprint density at radius 2 is 1.87 bits per heavy atom. The average Bonchev–Trinajstić information content (AvgIpc) is 2.18. The third kappa shape index (κ3) is 4.02. The Balaban J connectivity index is 2.59. The van der Waals surface area contributed by atoms with E-state index < -0.39 is 0 Å². The van der Waals surface area contributed by atoms with E-state index in [2.05, 4.69) is 50.4 Å². The number of hydrogen-bond acceptors (Lipinski definition) is 2. The lowest BCUT2D eigenvalue weighted by atomic mass is 9.97. The molecule has 0 radical (unpaired) electrons. The Morgan fingerprint density at radius 3 is 2.40 bits per heavy atom. The molecular weight excluding hydrogens is 184 g/mol. The predicted molar refractivity (Wildman–Crippen MR) is 65.7 cm³/mol. The maximum Gasteiger partial charge on any atom is 0.0296 e. The smallest absolute Gasteiger partial charge is 0.0296 e. The van der Waals surface area contributed by atoms with Crippen LogP contribution < -0.4 is 11.1 Å². The zero-order chi connectivity index (χ0) is 11.3. The molecule has 0 saturated heterocycles. The Labute approximate surface area is 92.9 Å². The van der Waals surface area contributed by atoms with Gasteiger partial charge in [0.05, 0.1) is 0 Å². The maximum atomic E-state index is 5.59. The van der Waals surface area contributed by atoms with Crippen LogP contribution in [0.15, 0.2) is 30.3 Å². The molecule has 0 aliphatic heterocycles. The van der Waals surface area contributed by atoms with E-state index in [4.69, 9.17) is 5.73 Å². The minimum Gasteiger partial charge on any atom is -0.330 e. The highest BCUT2D eigenvalue weighted by molar-refractivity contribution is 5.18. The molecule has 3 N–H and O–H groups in total. The summed E-state index contributed by atoms with van der Waals surface area (Å²) in [6, 6.07) is 10.9. The van der Waals surface area contributed by atoms with Crippen molar-refractivity contribution in [2.75, 3.05) is 6.54 Å². The summed E-state index contributed by atoms with van der Waals surface area (Å²) in [4.78, 5) is 0. The van der Waals surface area contributed by atoms with E-state index in [-0.39, 0.29) is 5.54 Å². The van der Waals surface area contributed by atoms with Crippen molar-refractivity contribution >= 4 is 0 Å². The Morgan fingerprint density at radius 1 is 1.27 bits per heavy atom. The van der Waals surface area contributed by atoms with E-state index in [9.17, 15) is 0 Å². The fourth-order valence-electron chi connectivity index (χ4n) is 1.84. The quantitative estimate of drug-likeness (QED) is 0.776. The molecule has 2 heteroatoms. The topological polar surface area (TPSA) is 38.0 Å². The lowest BCUT2D eigenvalue weighted by Crippen LogP contribution is -2.42. The fourth-order valence-corrected chi connectivity index (χ4v) is 1.84. The van der Waals surface area contributed by atoms with Gasteiger partial charge in [-0.1, -0.05) is 30.3 Å². The van der Waals surface area contributed by atoms with Crippen LogP contribution >= 0.6 is 0 Å². The highest BCUT2D eigenvalue weighted by Gasteiger charge is 2.19. The third-order valence-electron chi connectivity index (χ3n) is 2.68. The van der Waals surface area contributed by atoms with Gasteiger partial charge in [0.1, 0.15) is 0 Å². The van der Waals surface area contributed by atoms with Gasteiger partial charge in [-0.05, 0) is 39.3 Å². The molecule has 0 fully saturated rings. The Hall–Kier alpha value is -0.860. The molecule has 0 aromatic heterocycles. The van der Waals surface area contributed by atoms with Crippen LogP contribution in [0, 0.1) is 0 Å². The SMILES string of the molecule is CC(NC(C)(C)CCN)c1ccccc1. The molecule has 0 bridgehead atoms. The van der Waals surface area contributed by atoms with Gasteiger partial charge in [0.2, 0.25) is 0 Å². The van der Waals surface area contributed by atoms with E-state index in [0.29, 0.717) is 6.04 Å². The van der Waals surface area contributed by atoms with Gasteiger partial charge in [-0.3, -0.25) is 0 Å². The molecule has 0 amide bonds. The van der Waals surface area contributed by atoms with Crippen LogP contribution in [0.2, 0.25) is 0 Å². The van der Waals surface area contributed by atoms with Gasteiger partial charge in [-0.25, -0.2) is 0 Å². The second kappa shape index (κ2) is 5.29. The van der Waals surface area contributed by atoms with Gasteiger partial charge in [-0.15, -0.1) is 0 Å². The zero-order valence-electron chi connectivity index (χ0n) is 9.96. The number of rotatable bonds is 5. The van der Waals surface area contributed by atoms with E-state index in [1.807, 2.05) is 6.07 Å². The van der Waals surface area contributed by atoms with Crippen molar-refractivity contribution in [3.63, 3.8) is 0 Å². The van der Waals surface area contributed by atoms with Crippen molar-refractivity contribution in [1.29, 1.82) is 0 Å². The van der Waals surface area contributed by atoms with Crippen LogP contribution in [0.1, 0.15) is 38.8 Å². The molecule has 0 heterocycles. The lowest BCUT2D eigenvalue weighted by Gasteiger charge is -2.30. The largest absolute Gasteiger partial charge is 0.330 e. The molecule has 15 heavy (non-hydrogen) atoms. The number of nitrogens with one attached hydrogen (secondary N) is 1. The normalized spacial score (nSPS) is 13.9. The Bertz CT molecular complexity index is 280. The molecule has 0 aliphatic carbocycles. The van der Waals surface area contributed by atoms with E-state index in [1.165, 1.54) is 5.56 Å². The summed E-state index contributed by atoms with van der Waals surface area (Å²) in [6.07, 6.45) is 0.990. The number of benzene rings is 1. The monoisotopic (exact) mass is 206 g/mol. The lowest BCUT2D eigenvalue weighted by molar-refractivity contribution is 0.330. The van der Waals surface area contributed by atoms with Crippen LogP contribution in [0.5, 0.6) is 0 Å². The highest BCUT2D eigenvalue weighted by Crippen LogP contribution is 2.17. The molecule has 0 spiro atoms. The number of nitrogens with two attached hydrogens (primary N) is 1. The number of hydrogen-bond donors (Lipinski definition) is 2. The van der Waals surface area contributed by atoms with Crippen LogP contribution in [0.3, 0.4) is 0 Å². The first kappa shape index (κ1) is 12.2. The molecule has 1 aromatic rings. The second-order valence-electron chi connectivity index (χ2n) is 4.70. The Kier molecular flexibility index (Phi) is 4.30. The van der Waals surface area contributed by atoms with Crippen LogP contribution in [-0.4, -0.2) is 12.1 Å². The minimum absolute atomic E-state index is 0.101. The molecule has 1 aromatic carbocycles. The molecule has 1 atom stereocenters. The molecule has 2 nitrogen and oxygen atoms in total. The molecular formula is C13H22N2. The van der Waals surface area contributed by atoms with Crippen molar-refractivity contribution < 1.29 is 0 Å². The molecule has 0 aliphatic rings. The summed E-state index contributed by atoms with van der Waals surface area (Å²) >= 11 is 0. The van der Waals surface area contributed by atoms with Crippen molar-refractivity contribution in [2.45, 2.75) is 38.8 Å². The minimum atomic E-state index is 0.101. The molecule has 84 valence electrons. The maximum absolute atomic E-state index is 5.59. The summed E-state index contributed by atoms with van der Waals surface area (Å²) < 4.78 is 0. The third-order valence-corrected chi connectivity index (χ3v) is 2.68. The fraction of sp³-hybridized carbons (Fsp3) is 0.538. The van der Waals surface area contributed by atoms with Crippen LogP contribution in [-0.2, 0) is 0 Å². The van der Waals surface area contributed by atoms with Gasteiger partial charge < -0.3 is 11.1 Å². The van der Waals surface area contributed by atoms with E-state index >= 15 is 0 Å². The standard InChI is InChI=1S/C13H22N2/c1-11(12-7-5-4-6-8-12)15-13(2,3)9-10-14/h4-8,11,15H,9-10,14H2,1-3H3. The van der Waals surface area contributed by atoms with Crippen LogP contribution in [0.4, 0.5) is 0 Å². The summed E-state index contributed by atoms with van der Waals surface area (Å²) in [5.74, 6) is 0. The van der Waals surface area contributed by atoms with Crippen molar-refractivity contribution in [1.82, 2.24) is 5.32 Å². The van der Waals surface area contributed by atoms with E-state index in [0.717, 1.165) is 13.0 Å². The average molecular weight is 206 g/mol. The van der Waals surface area contributed by atoms with Gasteiger partial charge in [0.25, 0.3) is 0 Å². The highest BCUT2D eigenvalue weighted by atomic mass is 15.0. The van der Waals surface area contributed by atoms with Crippen LogP contribution in [0.25, 0.3) is 0 Å². The predicted octanol–water partition coefficient (Wildman–Crippen LogP) is 2.46. The summed E-state index contributed by atoms with van der Waals surface area (Å²) in [5, 5.41) is 3.59. The first-order valence-corrected chi connectivity index (χ1v) is 5.58.